The number of aromatic nitrogens is 3. The Morgan fingerprint density at radius 3 is 2.71 bits per heavy atom. The molecule has 0 unspecified atom stereocenters. The average molecular weight is 291 g/mol. The van der Waals surface area contributed by atoms with Gasteiger partial charge in [-0.25, -0.2) is 9.48 Å². The van der Waals surface area contributed by atoms with Gasteiger partial charge in [0.15, 0.2) is 0 Å². The Balaban J connectivity index is 1.63. The third-order valence-corrected chi connectivity index (χ3v) is 4.27. The summed E-state index contributed by atoms with van der Waals surface area (Å²) in [7, 11) is 0. The first kappa shape index (κ1) is 14.0. The van der Waals surface area contributed by atoms with Gasteiger partial charge >= 0.3 is 6.03 Å². The SMILES string of the molecule is CC(C)n1cc(C[C@@H]2NC(=O)N(CC3CCC3)C2=O)nn1. The van der Waals surface area contributed by atoms with Crippen molar-refractivity contribution in [2.75, 3.05) is 6.54 Å². The second-order valence-electron chi connectivity index (χ2n) is 6.24. The molecule has 0 aromatic carbocycles. The van der Waals surface area contributed by atoms with Crippen LogP contribution >= 0.6 is 0 Å². The molecule has 0 radical (unpaired) electrons. The highest BCUT2D eigenvalue weighted by molar-refractivity contribution is 6.04. The van der Waals surface area contributed by atoms with Gasteiger partial charge in [-0.05, 0) is 32.6 Å². The van der Waals surface area contributed by atoms with E-state index in [2.05, 4.69) is 15.6 Å². The Bertz CT molecular complexity index is 549. The lowest BCUT2D eigenvalue weighted by atomic mass is 9.85. The van der Waals surface area contributed by atoms with E-state index in [9.17, 15) is 9.59 Å². The first-order valence-corrected chi connectivity index (χ1v) is 7.57. The topological polar surface area (TPSA) is 80.1 Å². The van der Waals surface area contributed by atoms with E-state index in [1.807, 2.05) is 20.0 Å². The fraction of sp³-hybridized carbons (Fsp3) is 0.714. The predicted molar refractivity (Wildman–Crippen MR) is 75.5 cm³/mol. The number of nitrogens with zero attached hydrogens (tertiary/aromatic N) is 4. The van der Waals surface area contributed by atoms with Crippen molar-refractivity contribution in [2.45, 2.75) is 51.6 Å². The maximum absolute atomic E-state index is 12.3. The van der Waals surface area contributed by atoms with Crippen LogP contribution in [0.3, 0.4) is 0 Å². The number of imide groups is 1. The van der Waals surface area contributed by atoms with E-state index >= 15 is 0 Å². The zero-order valence-corrected chi connectivity index (χ0v) is 12.5. The van der Waals surface area contributed by atoms with E-state index in [0.717, 1.165) is 18.5 Å². The van der Waals surface area contributed by atoms with E-state index in [0.29, 0.717) is 18.9 Å². The number of carbonyl (C=O) groups is 2. The van der Waals surface area contributed by atoms with Crippen LogP contribution in [0.1, 0.15) is 44.8 Å². The zero-order chi connectivity index (χ0) is 15.0. The lowest BCUT2D eigenvalue weighted by Crippen LogP contribution is -2.38. The molecule has 21 heavy (non-hydrogen) atoms. The van der Waals surface area contributed by atoms with Gasteiger partial charge in [-0.1, -0.05) is 11.6 Å². The zero-order valence-electron chi connectivity index (χ0n) is 12.5. The molecular weight excluding hydrogens is 270 g/mol. The lowest BCUT2D eigenvalue weighted by Gasteiger charge is -2.28. The lowest BCUT2D eigenvalue weighted by molar-refractivity contribution is -0.128. The Kier molecular flexibility index (Phi) is 3.65. The van der Waals surface area contributed by atoms with Crippen molar-refractivity contribution in [1.82, 2.24) is 25.2 Å². The van der Waals surface area contributed by atoms with Crippen LogP contribution in [0.2, 0.25) is 0 Å². The molecule has 7 heteroatoms. The van der Waals surface area contributed by atoms with Crippen molar-refractivity contribution in [3.05, 3.63) is 11.9 Å². The Hall–Kier alpha value is -1.92. The molecule has 2 fully saturated rings. The largest absolute Gasteiger partial charge is 0.325 e. The molecule has 0 spiro atoms. The second kappa shape index (κ2) is 5.46. The van der Waals surface area contributed by atoms with Crippen LogP contribution in [0.5, 0.6) is 0 Å². The van der Waals surface area contributed by atoms with Crippen LogP contribution in [0, 0.1) is 5.92 Å². The number of urea groups is 1. The van der Waals surface area contributed by atoms with Gasteiger partial charge in [0.1, 0.15) is 6.04 Å². The summed E-state index contributed by atoms with van der Waals surface area (Å²) in [5.74, 6) is 0.353. The van der Waals surface area contributed by atoms with Crippen LogP contribution in [-0.4, -0.2) is 44.4 Å². The van der Waals surface area contributed by atoms with Crippen molar-refractivity contribution in [2.24, 2.45) is 5.92 Å². The fourth-order valence-electron chi connectivity index (χ4n) is 2.69. The number of hydrogen-bond acceptors (Lipinski definition) is 4. The van der Waals surface area contributed by atoms with E-state index in [1.165, 1.54) is 11.3 Å². The molecular formula is C14H21N5O2. The quantitative estimate of drug-likeness (QED) is 0.824. The van der Waals surface area contributed by atoms with Gasteiger partial charge < -0.3 is 5.32 Å². The minimum atomic E-state index is -0.505. The summed E-state index contributed by atoms with van der Waals surface area (Å²) in [6.07, 6.45) is 5.67. The fourth-order valence-corrected chi connectivity index (χ4v) is 2.69. The highest BCUT2D eigenvalue weighted by Crippen LogP contribution is 2.28. The predicted octanol–water partition coefficient (Wildman–Crippen LogP) is 1.12. The van der Waals surface area contributed by atoms with Crippen LogP contribution in [0.25, 0.3) is 0 Å². The molecule has 1 aromatic rings. The summed E-state index contributed by atoms with van der Waals surface area (Å²) in [6, 6.07) is -0.543. The van der Waals surface area contributed by atoms with Gasteiger partial charge in [-0.15, -0.1) is 5.10 Å². The molecule has 0 bridgehead atoms. The molecule has 3 rings (SSSR count). The normalized spacial score (nSPS) is 22.8. The van der Waals surface area contributed by atoms with Crippen molar-refractivity contribution in [3.63, 3.8) is 0 Å². The molecule has 3 amide bonds. The maximum atomic E-state index is 12.3. The highest BCUT2D eigenvalue weighted by Gasteiger charge is 2.40. The molecule has 1 N–H and O–H groups in total. The number of amides is 3. The van der Waals surface area contributed by atoms with E-state index in [4.69, 9.17) is 0 Å². The summed E-state index contributed by atoms with van der Waals surface area (Å²) in [5, 5.41) is 10.8. The van der Waals surface area contributed by atoms with E-state index in [-0.39, 0.29) is 18.0 Å². The van der Waals surface area contributed by atoms with Gasteiger partial charge in [0.05, 0.1) is 5.69 Å². The maximum Gasteiger partial charge on any atom is 0.324 e. The molecule has 2 heterocycles. The van der Waals surface area contributed by atoms with Crippen molar-refractivity contribution >= 4 is 11.9 Å². The standard InChI is InChI=1S/C14H21N5O2/c1-9(2)19-8-11(16-17-19)6-12-13(20)18(14(21)15-12)7-10-4-3-5-10/h8-10,12H,3-7H2,1-2H3,(H,15,21)/t12-/m0/s1. The monoisotopic (exact) mass is 291 g/mol. The first-order chi connectivity index (χ1) is 10.0. The number of hydrogen-bond donors (Lipinski definition) is 1. The first-order valence-electron chi connectivity index (χ1n) is 7.57. The van der Waals surface area contributed by atoms with Gasteiger partial charge in [0.25, 0.3) is 5.91 Å². The molecule has 7 nitrogen and oxygen atoms in total. The summed E-state index contributed by atoms with van der Waals surface area (Å²) in [4.78, 5) is 25.6. The van der Waals surface area contributed by atoms with Crippen LogP contribution in [-0.2, 0) is 11.2 Å². The molecule has 1 saturated carbocycles. The minimum Gasteiger partial charge on any atom is -0.325 e. The summed E-state index contributed by atoms with van der Waals surface area (Å²) < 4.78 is 1.75. The third kappa shape index (κ3) is 2.77. The molecule has 2 aliphatic rings. The van der Waals surface area contributed by atoms with Gasteiger partial charge in [0, 0.05) is 25.2 Å². The third-order valence-electron chi connectivity index (χ3n) is 4.27. The number of nitrogens with one attached hydrogen (secondary N) is 1. The van der Waals surface area contributed by atoms with Crippen LogP contribution in [0.15, 0.2) is 6.20 Å². The Morgan fingerprint density at radius 1 is 1.38 bits per heavy atom. The molecule has 1 aromatic heterocycles. The smallest absolute Gasteiger partial charge is 0.324 e. The molecule has 1 aliphatic heterocycles. The number of rotatable bonds is 5. The van der Waals surface area contributed by atoms with E-state index < -0.39 is 6.04 Å². The van der Waals surface area contributed by atoms with Crippen molar-refractivity contribution in [3.8, 4) is 0 Å². The molecule has 1 atom stereocenters. The molecule has 1 saturated heterocycles. The van der Waals surface area contributed by atoms with Crippen molar-refractivity contribution in [1.29, 1.82) is 0 Å². The van der Waals surface area contributed by atoms with Gasteiger partial charge in [-0.3, -0.25) is 9.69 Å². The Morgan fingerprint density at radius 2 is 2.14 bits per heavy atom. The minimum absolute atomic E-state index is 0.133. The Labute approximate surface area is 123 Å². The summed E-state index contributed by atoms with van der Waals surface area (Å²) in [6.45, 7) is 4.59. The van der Waals surface area contributed by atoms with E-state index in [1.54, 1.807) is 4.68 Å². The second-order valence-corrected chi connectivity index (χ2v) is 6.24. The average Bonchev–Trinajstić information content (AvgIpc) is 2.93. The van der Waals surface area contributed by atoms with Crippen molar-refractivity contribution < 1.29 is 9.59 Å². The van der Waals surface area contributed by atoms with Gasteiger partial charge in [-0.2, -0.15) is 0 Å². The highest BCUT2D eigenvalue weighted by atomic mass is 16.2. The van der Waals surface area contributed by atoms with Crippen LogP contribution < -0.4 is 5.32 Å². The number of carbonyl (C=O) groups excluding carboxylic acids is 2. The van der Waals surface area contributed by atoms with Crippen LogP contribution in [0.4, 0.5) is 4.79 Å². The summed E-state index contributed by atoms with van der Waals surface area (Å²) in [5.41, 5.74) is 0.729. The molecule has 114 valence electrons. The van der Waals surface area contributed by atoms with Gasteiger partial charge in [0.2, 0.25) is 0 Å². The summed E-state index contributed by atoms with van der Waals surface area (Å²) >= 11 is 0. The molecule has 1 aliphatic carbocycles.